The number of nitrogens with one attached hydrogen (secondary N) is 1. The lowest BCUT2D eigenvalue weighted by Crippen LogP contribution is -2.21. The van der Waals surface area contributed by atoms with Crippen LogP contribution in [0.3, 0.4) is 0 Å². The number of benzene rings is 1. The van der Waals surface area contributed by atoms with Crippen molar-refractivity contribution < 1.29 is 23.2 Å². The minimum Gasteiger partial charge on any atom is -0.457 e. The van der Waals surface area contributed by atoms with Crippen LogP contribution in [-0.2, 0) is 9.53 Å². The summed E-state index contributed by atoms with van der Waals surface area (Å²) in [5, 5.41) is 9.91. The Morgan fingerprint density at radius 2 is 1.96 bits per heavy atom. The van der Waals surface area contributed by atoms with Gasteiger partial charge in [0.05, 0.1) is 6.26 Å². The molecule has 3 aromatic rings. The summed E-state index contributed by atoms with van der Waals surface area (Å²) in [4.78, 5) is 23.5. The molecule has 0 aliphatic carbocycles. The zero-order valence-electron chi connectivity index (χ0n) is 12.7. The van der Waals surface area contributed by atoms with Gasteiger partial charge in [-0.05, 0) is 25.1 Å². The van der Waals surface area contributed by atoms with Crippen molar-refractivity contribution in [1.29, 1.82) is 0 Å². The first-order chi connectivity index (χ1) is 11.6. The Morgan fingerprint density at radius 3 is 2.67 bits per heavy atom. The van der Waals surface area contributed by atoms with Gasteiger partial charge in [0.25, 0.3) is 5.91 Å². The van der Waals surface area contributed by atoms with E-state index in [4.69, 9.17) is 13.6 Å². The molecule has 0 radical (unpaired) electrons. The van der Waals surface area contributed by atoms with Crippen molar-refractivity contribution in [1.82, 2.24) is 10.2 Å². The Bertz CT molecular complexity index is 853. The molecule has 3 rings (SSSR count). The topological polar surface area (TPSA) is 107 Å². The predicted molar refractivity (Wildman–Crippen MR) is 82.1 cm³/mol. The van der Waals surface area contributed by atoms with Crippen LogP contribution in [0.25, 0.3) is 11.5 Å². The number of hydrogen-bond acceptors (Lipinski definition) is 7. The molecular weight excluding hydrogens is 314 g/mol. The molecule has 8 nitrogen and oxygen atoms in total. The fraction of sp³-hybridized carbons (Fsp3) is 0.125. The molecule has 1 N–H and O–H groups in total. The molecule has 0 aliphatic rings. The first-order valence-electron chi connectivity index (χ1n) is 7.03. The number of nitrogens with zero attached hydrogens (tertiary/aromatic N) is 2. The molecule has 8 heteroatoms. The van der Waals surface area contributed by atoms with Crippen molar-refractivity contribution in [2.24, 2.45) is 0 Å². The average Bonchev–Trinajstić information content (AvgIpc) is 3.22. The minimum atomic E-state index is -0.719. The van der Waals surface area contributed by atoms with E-state index in [1.54, 1.807) is 25.1 Å². The first-order valence-corrected chi connectivity index (χ1v) is 7.03. The molecule has 2 heterocycles. The van der Waals surface area contributed by atoms with Crippen LogP contribution >= 0.6 is 0 Å². The largest absolute Gasteiger partial charge is 0.457 e. The summed E-state index contributed by atoms with van der Waals surface area (Å²) in [6.07, 6.45) is 1.37. The number of aromatic nitrogens is 2. The number of furan rings is 1. The number of anilines is 1. The van der Waals surface area contributed by atoms with Gasteiger partial charge in [-0.3, -0.25) is 10.1 Å². The Labute approximate surface area is 136 Å². The number of esters is 1. The Kier molecular flexibility index (Phi) is 4.37. The van der Waals surface area contributed by atoms with Gasteiger partial charge >= 0.3 is 12.0 Å². The standard InChI is InChI=1S/C16H13N3O5/c1-10-7-8-22-13(10)15(21)23-9-12(20)17-16-19-18-14(24-16)11-5-3-2-4-6-11/h2-8H,9H2,1H3,(H,17,19,20). The van der Waals surface area contributed by atoms with Gasteiger partial charge in [0.15, 0.2) is 6.61 Å². The van der Waals surface area contributed by atoms with E-state index in [9.17, 15) is 9.59 Å². The maximum absolute atomic E-state index is 11.8. The lowest BCUT2D eigenvalue weighted by Gasteiger charge is -2.02. The second-order valence-corrected chi connectivity index (χ2v) is 4.84. The van der Waals surface area contributed by atoms with Crippen LogP contribution in [0.4, 0.5) is 6.01 Å². The molecule has 0 bridgehead atoms. The molecule has 0 saturated carbocycles. The summed E-state index contributed by atoms with van der Waals surface area (Å²) in [6, 6.07) is 10.7. The number of rotatable bonds is 5. The molecule has 1 aromatic carbocycles. The Balaban J connectivity index is 1.55. The molecule has 0 saturated heterocycles. The molecule has 0 spiro atoms. The van der Waals surface area contributed by atoms with Crippen LogP contribution < -0.4 is 5.32 Å². The minimum absolute atomic E-state index is 0.0620. The molecule has 0 fully saturated rings. The average molecular weight is 327 g/mol. The summed E-state index contributed by atoms with van der Waals surface area (Å²) >= 11 is 0. The van der Waals surface area contributed by atoms with Crippen molar-refractivity contribution in [3.63, 3.8) is 0 Å². The summed E-state index contributed by atoms with van der Waals surface area (Å²) < 4.78 is 15.2. The summed E-state index contributed by atoms with van der Waals surface area (Å²) in [6.45, 7) is 1.20. The molecule has 0 unspecified atom stereocenters. The van der Waals surface area contributed by atoms with Gasteiger partial charge in [0.1, 0.15) is 0 Å². The number of ether oxygens (including phenoxy) is 1. The number of carbonyl (C=O) groups is 2. The quantitative estimate of drug-likeness (QED) is 0.717. The number of aryl methyl sites for hydroxylation is 1. The van der Waals surface area contributed by atoms with Gasteiger partial charge in [-0.2, -0.15) is 0 Å². The predicted octanol–water partition coefficient (Wildman–Crippen LogP) is 2.43. The van der Waals surface area contributed by atoms with E-state index in [0.717, 1.165) is 5.56 Å². The van der Waals surface area contributed by atoms with E-state index in [2.05, 4.69) is 15.5 Å². The highest BCUT2D eigenvalue weighted by molar-refractivity contribution is 5.93. The normalized spacial score (nSPS) is 10.4. The van der Waals surface area contributed by atoms with Gasteiger partial charge in [0, 0.05) is 11.1 Å². The summed E-state index contributed by atoms with van der Waals surface area (Å²) in [7, 11) is 0. The van der Waals surface area contributed by atoms with Gasteiger partial charge in [-0.15, -0.1) is 5.10 Å². The number of carbonyl (C=O) groups excluding carboxylic acids is 2. The van der Waals surface area contributed by atoms with E-state index >= 15 is 0 Å². The fourth-order valence-corrected chi connectivity index (χ4v) is 1.90. The highest BCUT2D eigenvalue weighted by atomic mass is 16.5. The second-order valence-electron chi connectivity index (χ2n) is 4.84. The van der Waals surface area contributed by atoms with Crippen molar-refractivity contribution in [3.8, 4) is 11.5 Å². The maximum Gasteiger partial charge on any atom is 0.375 e. The highest BCUT2D eigenvalue weighted by Gasteiger charge is 2.17. The van der Waals surface area contributed by atoms with Crippen LogP contribution in [0.2, 0.25) is 0 Å². The fourth-order valence-electron chi connectivity index (χ4n) is 1.90. The third-order valence-corrected chi connectivity index (χ3v) is 3.07. The van der Waals surface area contributed by atoms with Crippen LogP contribution in [0.5, 0.6) is 0 Å². The third kappa shape index (κ3) is 3.49. The smallest absolute Gasteiger partial charge is 0.375 e. The van der Waals surface area contributed by atoms with Crippen molar-refractivity contribution in [2.75, 3.05) is 11.9 Å². The van der Waals surface area contributed by atoms with Crippen molar-refractivity contribution in [2.45, 2.75) is 6.92 Å². The van der Waals surface area contributed by atoms with Crippen molar-refractivity contribution in [3.05, 3.63) is 54.0 Å². The lowest BCUT2D eigenvalue weighted by atomic mass is 10.2. The monoisotopic (exact) mass is 327 g/mol. The first kappa shape index (κ1) is 15.5. The van der Waals surface area contributed by atoms with Crippen LogP contribution in [-0.4, -0.2) is 28.7 Å². The van der Waals surface area contributed by atoms with E-state index in [0.29, 0.717) is 5.56 Å². The maximum atomic E-state index is 11.8. The summed E-state index contributed by atoms with van der Waals surface area (Å²) in [5.41, 5.74) is 1.36. The molecule has 2 aromatic heterocycles. The second kappa shape index (κ2) is 6.78. The third-order valence-electron chi connectivity index (χ3n) is 3.07. The van der Waals surface area contributed by atoms with E-state index in [-0.39, 0.29) is 17.7 Å². The SMILES string of the molecule is Cc1ccoc1C(=O)OCC(=O)Nc1nnc(-c2ccccc2)o1. The highest BCUT2D eigenvalue weighted by Crippen LogP contribution is 2.19. The van der Waals surface area contributed by atoms with Gasteiger partial charge in [-0.1, -0.05) is 23.3 Å². The molecule has 0 aliphatic heterocycles. The molecular formula is C16H13N3O5. The van der Waals surface area contributed by atoms with Crippen molar-refractivity contribution >= 4 is 17.9 Å². The van der Waals surface area contributed by atoms with E-state index < -0.39 is 18.5 Å². The van der Waals surface area contributed by atoms with E-state index in [1.807, 2.05) is 18.2 Å². The van der Waals surface area contributed by atoms with Crippen LogP contribution in [0, 0.1) is 6.92 Å². The molecule has 122 valence electrons. The molecule has 1 amide bonds. The van der Waals surface area contributed by atoms with Crippen LogP contribution in [0.15, 0.2) is 51.5 Å². The Hall–Kier alpha value is -3.42. The summed E-state index contributed by atoms with van der Waals surface area (Å²) in [5.74, 6) is -0.986. The zero-order chi connectivity index (χ0) is 16.9. The number of amides is 1. The number of hydrogen-bond donors (Lipinski definition) is 1. The van der Waals surface area contributed by atoms with Gasteiger partial charge < -0.3 is 13.6 Å². The van der Waals surface area contributed by atoms with Crippen LogP contribution in [0.1, 0.15) is 16.1 Å². The Morgan fingerprint density at radius 1 is 1.17 bits per heavy atom. The van der Waals surface area contributed by atoms with Gasteiger partial charge in [-0.25, -0.2) is 4.79 Å². The molecule has 0 atom stereocenters. The zero-order valence-corrected chi connectivity index (χ0v) is 12.7. The van der Waals surface area contributed by atoms with E-state index in [1.165, 1.54) is 6.26 Å². The van der Waals surface area contributed by atoms with Gasteiger partial charge in [0.2, 0.25) is 11.7 Å². The molecule has 24 heavy (non-hydrogen) atoms. The lowest BCUT2D eigenvalue weighted by molar-refractivity contribution is -0.119.